The first kappa shape index (κ1) is 19.0. The molecule has 4 rings (SSSR count). The second-order valence-corrected chi connectivity index (χ2v) is 9.08. The lowest BCUT2D eigenvalue weighted by atomic mass is 10.2. The van der Waals surface area contributed by atoms with Crippen LogP contribution in [-0.2, 0) is 21.4 Å². The van der Waals surface area contributed by atoms with Gasteiger partial charge in [-0.05, 0) is 18.6 Å². The quantitative estimate of drug-likeness (QED) is 0.694. The highest BCUT2D eigenvalue weighted by atomic mass is 32.2. The van der Waals surface area contributed by atoms with E-state index >= 15 is 0 Å². The zero-order valence-electron chi connectivity index (χ0n) is 15.5. The van der Waals surface area contributed by atoms with Crippen LogP contribution >= 0.6 is 0 Å². The average Bonchev–Trinajstić information content (AvgIpc) is 3.37. The molecule has 3 heterocycles. The number of aromatic nitrogens is 3. The molecule has 2 saturated heterocycles. The summed E-state index contributed by atoms with van der Waals surface area (Å²) in [5, 5.41) is 6.92. The number of piperazine rings is 1. The number of carbonyl (C=O) groups excluding carboxylic acids is 1. The number of rotatable bonds is 7. The molecule has 2 aromatic rings. The Kier molecular flexibility index (Phi) is 5.42. The van der Waals surface area contributed by atoms with E-state index in [1.807, 2.05) is 6.07 Å². The lowest BCUT2D eigenvalue weighted by Crippen LogP contribution is -2.57. The Labute approximate surface area is 164 Å². The molecule has 2 aliphatic rings. The third-order valence-corrected chi connectivity index (χ3v) is 7.36. The van der Waals surface area contributed by atoms with Crippen molar-refractivity contribution in [1.29, 1.82) is 0 Å². The number of nitrogens with one attached hydrogen (secondary N) is 1. The molecule has 2 fully saturated rings. The smallest absolute Gasteiger partial charge is 0.243 e. The molecule has 2 bridgehead atoms. The van der Waals surface area contributed by atoms with Crippen LogP contribution in [0.2, 0.25) is 0 Å². The molecule has 150 valence electrons. The van der Waals surface area contributed by atoms with Gasteiger partial charge in [0.1, 0.15) is 12.7 Å². The number of amides is 1. The molecular weight excluding hydrogens is 380 g/mol. The lowest BCUT2D eigenvalue weighted by Gasteiger charge is -2.39. The van der Waals surface area contributed by atoms with E-state index in [0.29, 0.717) is 37.5 Å². The van der Waals surface area contributed by atoms with Crippen LogP contribution in [0.15, 0.2) is 47.9 Å². The second kappa shape index (κ2) is 7.98. The van der Waals surface area contributed by atoms with Crippen molar-refractivity contribution in [1.82, 2.24) is 29.3 Å². The first-order valence-electron chi connectivity index (χ1n) is 9.44. The van der Waals surface area contributed by atoms with Gasteiger partial charge in [-0.15, -0.1) is 0 Å². The minimum Gasteiger partial charge on any atom is -0.354 e. The Morgan fingerprint density at radius 3 is 2.79 bits per heavy atom. The van der Waals surface area contributed by atoms with Crippen LogP contribution in [0.3, 0.4) is 0 Å². The summed E-state index contributed by atoms with van der Waals surface area (Å²) in [4.78, 5) is 18.6. The summed E-state index contributed by atoms with van der Waals surface area (Å²) in [5.74, 6) is -0.0747. The zero-order chi connectivity index (χ0) is 19.6. The van der Waals surface area contributed by atoms with Gasteiger partial charge in [-0.3, -0.25) is 14.4 Å². The SMILES string of the molecule is O=C(CCn1cncn1)NCC1CN(S(=O)(=O)c2ccccc2)C2CCN1C2. The molecule has 3 unspecified atom stereocenters. The molecule has 0 radical (unpaired) electrons. The monoisotopic (exact) mass is 404 g/mol. The molecular formula is C18H24N6O3S. The molecule has 0 spiro atoms. The minimum absolute atomic E-state index is 0.00414. The first-order chi connectivity index (χ1) is 13.5. The fourth-order valence-electron chi connectivity index (χ4n) is 3.91. The van der Waals surface area contributed by atoms with E-state index in [9.17, 15) is 13.2 Å². The molecule has 1 aromatic heterocycles. The van der Waals surface area contributed by atoms with Crippen LogP contribution in [0.4, 0.5) is 0 Å². The molecule has 3 atom stereocenters. The van der Waals surface area contributed by atoms with E-state index in [1.54, 1.807) is 39.6 Å². The summed E-state index contributed by atoms with van der Waals surface area (Å²) in [6.45, 7) is 2.86. The molecule has 10 heteroatoms. The molecule has 1 amide bonds. The summed E-state index contributed by atoms with van der Waals surface area (Å²) >= 11 is 0. The predicted octanol–water partition coefficient (Wildman–Crippen LogP) is -0.0682. The number of nitrogens with zero attached hydrogens (tertiary/aromatic N) is 5. The Bertz CT molecular complexity index is 903. The Hall–Kier alpha value is -2.30. The van der Waals surface area contributed by atoms with E-state index in [4.69, 9.17) is 0 Å². The molecule has 28 heavy (non-hydrogen) atoms. The van der Waals surface area contributed by atoms with Gasteiger partial charge < -0.3 is 5.32 Å². The highest BCUT2D eigenvalue weighted by Crippen LogP contribution is 2.29. The third-order valence-electron chi connectivity index (χ3n) is 5.43. The topological polar surface area (TPSA) is 100 Å². The summed E-state index contributed by atoms with van der Waals surface area (Å²) < 4.78 is 29.4. The van der Waals surface area contributed by atoms with Crippen molar-refractivity contribution in [3.8, 4) is 0 Å². The van der Waals surface area contributed by atoms with E-state index in [0.717, 1.165) is 13.0 Å². The molecule has 1 aromatic carbocycles. The van der Waals surface area contributed by atoms with Crippen LogP contribution in [0, 0.1) is 0 Å². The minimum atomic E-state index is -3.53. The lowest BCUT2D eigenvalue weighted by molar-refractivity contribution is -0.121. The maximum absolute atomic E-state index is 13.1. The van der Waals surface area contributed by atoms with Crippen LogP contribution in [-0.4, -0.2) is 76.6 Å². The number of sulfonamides is 1. The van der Waals surface area contributed by atoms with Crippen molar-refractivity contribution in [2.24, 2.45) is 0 Å². The standard InChI is InChI=1S/C18H24N6O3S/c25-18(7-9-23-14-19-13-21-23)20-10-16-12-24(15-6-8-22(16)11-15)28(26,27)17-4-2-1-3-5-17/h1-5,13-16H,6-12H2,(H,20,25). The van der Waals surface area contributed by atoms with Gasteiger partial charge in [0.25, 0.3) is 0 Å². The molecule has 0 aliphatic carbocycles. The van der Waals surface area contributed by atoms with Gasteiger partial charge in [0.2, 0.25) is 15.9 Å². The van der Waals surface area contributed by atoms with E-state index in [-0.39, 0.29) is 18.0 Å². The van der Waals surface area contributed by atoms with Crippen molar-refractivity contribution < 1.29 is 13.2 Å². The van der Waals surface area contributed by atoms with Gasteiger partial charge in [-0.1, -0.05) is 18.2 Å². The maximum Gasteiger partial charge on any atom is 0.243 e. The normalized spacial score (nSPS) is 24.9. The Morgan fingerprint density at radius 1 is 1.21 bits per heavy atom. The fourth-order valence-corrected chi connectivity index (χ4v) is 5.61. The highest BCUT2D eigenvalue weighted by molar-refractivity contribution is 7.89. The summed E-state index contributed by atoms with van der Waals surface area (Å²) in [5.41, 5.74) is 0. The number of carbonyl (C=O) groups is 1. The zero-order valence-corrected chi connectivity index (χ0v) is 16.3. The van der Waals surface area contributed by atoms with Crippen molar-refractivity contribution in [3.05, 3.63) is 43.0 Å². The van der Waals surface area contributed by atoms with Gasteiger partial charge in [0, 0.05) is 44.7 Å². The van der Waals surface area contributed by atoms with E-state index in [1.165, 1.54) is 6.33 Å². The fraction of sp³-hybridized carbons (Fsp3) is 0.500. The summed E-state index contributed by atoms with van der Waals surface area (Å²) in [7, 11) is -3.53. The summed E-state index contributed by atoms with van der Waals surface area (Å²) in [6, 6.07) is 8.55. The van der Waals surface area contributed by atoms with Gasteiger partial charge in [0.15, 0.2) is 0 Å². The van der Waals surface area contributed by atoms with Crippen molar-refractivity contribution in [2.75, 3.05) is 26.2 Å². The molecule has 9 nitrogen and oxygen atoms in total. The van der Waals surface area contributed by atoms with Gasteiger partial charge >= 0.3 is 0 Å². The molecule has 2 aliphatic heterocycles. The number of benzene rings is 1. The van der Waals surface area contributed by atoms with Crippen molar-refractivity contribution in [3.63, 3.8) is 0 Å². The Morgan fingerprint density at radius 2 is 2.04 bits per heavy atom. The van der Waals surface area contributed by atoms with Crippen molar-refractivity contribution >= 4 is 15.9 Å². The van der Waals surface area contributed by atoms with Gasteiger partial charge in [-0.25, -0.2) is 13.4 Å². The van der Waals surface area contributed by atoms with Gasteiger partial charge in [-0.2, -0.15) is 9.40 Å². The number of hydrogen-bond donors (Lipinski definition) is 1. The summed E-state index contributed by atoms with van der Waals surface area (Å²) in [6.07, 6.45) is 4.14. The number of hydrogen-bond acceptors (Lipinski definition) is 6. The Balaban J connectivity index is 1.38. The van der Waals surface area contributed by atoms with Crippen LogP contribution in [0.1, 0.15) is 12.8 Å². The second-order valence-electron chi connectivity index (χ2n) is 7.19. The number of fused-ring (bicyclic) bond motifs is 2. The maximum atomic E-state index is 13.1. The van der Waals surface area contributed by atoms with Crippen LogP contribution in [0.5, 0.6) is 0 Å². The van der Waals surface area contributed by atoms with E-state index in [2.05, 4.69) is 20.3 Å². The van der Waals surface area contributed by atoms with Crippen molar-refractivity contribution in [2.45, 2.75) is 36.4 Å². The first-order valence-corrected chi connectivity index (χ1v) is 10.9. The predicted molar refractivity (Wildman–Crippen MR) is 102 cm³/mol. The average molecular weight is 404 g/mol. The largest absolute Gasteiger partial charge is 0.354 e. The molecule has 1 N–H and O–H groups in total. The van der Waals surface area contributed by atoms with Crippen LogP contribution in [0.25, 0.3) is 0 Å². The van der Waals surface area contributed by atoms with Crippen LogP contribution < -0.4 is 5.32 Å². The van der Waals surface area contributed by atoms with Gasteiger partial charge in [0.05, 0.1) is 11.4 Å². The highest BCUT2D eigenvalue weighted by Gasteiger charge is 2.44. The number of aryl methyl sites for hydroxylation is 1. The third kappa shape index (κ3) is 3.94. The molecule has 0 saturated carbocycles. The van der Waals surface area contributed by atoms with E-state index < -0.39 is 10.0 Å².